The second kappa shape index (κ2) is 6.29. The van der Waals surface area contributed by atoms with Crippen molar-refractivity contribution in [2.75, 3.05) is 19.8 Å². The molecule has 5 heteroatoms. The van der Waals surface area contributed by atoms with Gasteiger partial charge in [0.15, 0.2) is 0 Å². The van der Waals surface area contributed by atoms with Gasteiger partial charge in [-0.05, 0) is 6.42 Å². The SMILES string of the molecule is CC(C)c1nc(CC(=O)NC[C@@H]2CCOC2)cs1. The van der Waals surface area contributed by atoms with Crippen LogP contribution in [0.15, 0.2) is 5.38 Å². The Morgan fingerprint density at radius 1 is 1.67 bits per heavy atom. The summed E-state index contributed by atoms with van der Waals surface area (Å²) in [6, 6.07) is 0. The predicted molar refractivity (Wildman–Crippen MR) is 71.8 cm³/mol. The fourth-order valence-electron chi connectivity index (χ4n) is 1.90. The molecule has 100 valence electrons. The average Bonchev–Trinajstić information content (AvgIpc) is 2.96. The minimum atomic E-state index is 0.0579. The molecule has 2 rings (SSSR count). The number of hydrogen-bond donors (Lipinski definition) is 1. The monoisotopic (exact) mass is 268 g/mol. The van der Waals surface area contributed by atoms with E-state index < -0.39 is 0 Å². The molecule has 0 aliphatic carbocycles. The topological polar surface area (TPSA) is 51.2 Å². The molecule has 0 aromatic carbocycles. The molecule has 1 fully saturated rings. The van der Waals surface area contributed by atoms with Gasteiger partial charge < -0.3 is 10.1 Å². The maximum Gasteiger partial charge on any atom is 0.226 e. The van der Waals surface area contributed by atoms with Crippen LogP contribution in [0.5, 0.6) is 0 Å². The Labute approximate surface area is 112 Å². The van der Waals surface area contributed by atoms with Crippen molar-refractivity contribution in [1.29, 1.82) is 0 Å². The van der Waals surface area contributed by atoms with Gasteiger partial charge in [-0.1, -0.05) is 13.8 Å². The van der Waals surface area contributed by atoms with Crippen LogP contribution in [0, 0.1) is 5.92 Å². The third-order valence-corrected chi connectivity index (χ3v) is 4.21. The summed E-state index contributed by atoms with van der Waals surface area (Å²) in [6.07, 6.45) is 1.44. The van der Waals surface area contributed by atoms with Crippen LogP contribution in [-0.2, 0) is 16.0 Å². The summed E-state index contributed by atoms with van der Waals surface area (Å²) < 4.78 is 5.28. The number of hydrogen-bond acceptors (Lipinski definition) is 4. The molecule has 1 aromatic rings. The molecule has 4 nitrogen and oxygen atoms in total. The highest BCUT2D eigenvalue weighted by Crippen LogP contribution is 2.19. The quantitative estimate of drug-likeness (QED) is 0.888. The summed E-state index contributed by atoms with van der Waals surface area (Å²) in [4.78, 5) is 16.2. The van der Waals surface area contributed by atoms with Crippen LogP contribution >= 0.6 is 11.3 Å². The van der Waals surface area contributed by atoms with E-state index in [0.717, 1.165) is 36.9 Å². The highest BCUT2D eigenvalue weighted by atomic mass is 32.1. The fraction of sp³-hybridized carbons (Fsp3) is 0.692. The van der Waals surface area contributed by atoms with Crippen molar-refractivity contribution < 1.29 is 9.53 Å². The zero-order chi connectivity index (χ0) is 13.0. The first-order valence-electron chi connectivity index (χ1n) is 6.44. The number of amides is 1. The van der Waals surface area contributed by atoms with Crippen LogP contribution in [0.2, 0.25) is 0 Å². The van der Waals surface area contributed by atoms with Gasteiger partial charge in [0.2, 0.25) is 5.91 Å². The minimum absolute atomic E-state index is 0.0579. The van der Waals surface area contributed by atoms with Gasteiger partial charge in [0.05, 0.1) is 23.7 Å². The lowest BCUT2D eigenvalue weighted by molar-refractivity contribution is -0.120. The van der Waals surface area contributed by atoms with Gasteiger partial charge in [0, 0.05) is 30.4 Å². The van der Waals surface area contributed by atoms with Crippen molar-refractivity contribution in [2.45, 2.75) is 32.6 Å². The van der Waals surface area contributed by atoms with Gasteiger partial charge in [0.1, 0.15) is 0 Å². The summed E-state index contributed by atoms with van der Waals surface area (Å²) in [6.45, 7) is 6.55. The van der Waals surface area contributed by atoms with E-state index in [1.807, 2.05) is 5.38 Å². The molecule has 2 heterocycles. The largest absolute Gasteiger partial charge is 0.381 e. The molecule has 1 saturated heterocycles. The maximum absolute atomic E-state index is 11.8. The van der Waals surface area contributed by atoms with Gasteiger partial charge in [-0.2, -0.15) is 0 Å². The Kier molecular flexibility index (Phi) is 4.72. The van der Waals surface area contributed by atoms with E-state index in [0.29, 0.717) is 18.3 Å². The first-order chi connectivity index (χ1) is 8.65. The number of ether oxygens (including phenoxy) is 1. The lowest BCUT2D eigenvalue weighted by atomic mass is 10.1. The standard InChI is InChI=1S/C13H20N2O2S/c1-9(2)13-15-11(8-18-13)5-12(16)14-6-10-3-4-17-7-10/h8-10H,3-7H2,1-2H3,(H,14,16)/t10-/m0/s1. The van der Waals surface area contributed by atoms with Crippen molar-refractivity contribution in [3.05, 3.63) is 16.1 Å². The first kappa shape index (κ1) is 13.5. The average molecular weight is 268 g/mol. The lowest BCUT2D eigenvalue weighted by Gasteiger charge is -2.08. The van der Waals surface area contributed by atoms with Crippen molar-refractivity contribution in [3.63, 3.8) is 0 Å². The van der Waals surface area contributed by atoms with Gasteiger partial charge in [-0.15, -0.1) is 11.3 Å². The second-order valence-electron chi connectivity index (χ2n) is 5.04. The Morgan fingerprint density at radius 3 is 3.11 bits per heavy atom. The zero-order valence-electron chi connectivity index (χ0n) is 10.9. The van der Waals surface area contributed by atoms with Gasteiger partial charge in [-0.3, -0.25) is 4.79 Å². The predicted octanol–water partition coefficient (Wildman–Crippen LogP) is 1.96. The van der Waals surface area contributed by atoms with E-state index in [-0.39, 0.29) is 5.91 Å². The fourth-order valence-corrected chi connectivity index (χ4v) is 2.73. The number of nitrogens with zero attached hydrogens (tertiary/aromatic N) is 1. The van der Waals surface area contributed by atoms with E-state index in [1.54, 1.807) is 11.3 Å². The third-order valence-electron chi connectivity index (χ3n) is 3.02. The number of rotatable bonds is 5. The minimum Gasteiger partial charge on any atom is -0.381 e. The molecule has 0 saturated carbocycles. The highest BCUT2D eigenvalue weighted by molar-refractivity contribution is 7.09. The number of carbonyl (C=O) groups excluding carboxylic acids is 1. The molecule has 1 aliphatic heterocycles. The Balaban J connectivity index is 1.75. The molecule has 0 radical (unpaired) electrons. The van der Waals surface area contributed by atoms with E-state index in [4.69, 9.17) is 4.74 Å². The van der Waals surface area contributed by atoms with Crippen LogP contribution in [0.25, 0.3) is 0 Å². The number of carbonyl (C=O) groups is 1. The summed E-state index contributed by atoms with van der Waals surface area (Å²) in [5, 5.41) is 6.04. The van der Waals surface area contributed by atoms with E-state index >= 15 is 0 Å². The van der Waals surface area contributed by atoms with Crippen molar-refractivity contribution in [1.82, 2.24) is 10.3 Å². The summed E-state index contributed by atoms with van der Waals surface area (Å²) in [7, 11) is 0. The van der Waals surface area contributed by atoms with Gasteiger partial charge in [-0.25, -0.2) is 4.98 Å². The smallest absolute Gasteiger partial charge is 0.226 e. The van der Waals surface area contributed by atoms with Crippen LogP contribution < -0.4 is 5.32 Å². The summed E-state index contributed by atoms with van der Waals surface area (Å²) >= 11 is 1.63. The molecule has 0 bridgehead atoms. The van der Waals surface area contributed by atoms with Crippen LogP contribution in [-0.4, -0.2) is 30.6 Å². The molecule has 1 atom stereocenters. The van der Waals surface area contributed by atoms with Crippen molar-refractivity contribution in [3.8, 4) is 0 Å². The van der Waals surface area contributed by atoms with Gasteiger partial charge in [0.25, 0.3) is 0 Å². The molecule has 0 unspecified atom stereocenters. The maximum atomic E-state index is 11.8. The molecule has 0 spiro atoms. The molecule has 1 amide bonds. The van der Waals surface area contributed by atoms with E-state index in [1.165, 1.54) is 0 Å². The summed E-state index contributed by atoms with van der Waals surface area (Å²) in [5.74, 6) is 0.973. The second-order valence-corrected chi connectivity index (χ2v) is 5.93. The van der Waals surface area contributed by atoms with Crippen molar-refractivity contribution >= 4 is 17.2 Å². The Hall–Kier alpha value is -0.940. The normalized spacial score (nSPS) is 19.4. The molecular formula is C13H20N2O2S. The molecule has 18 heavy (non-hydrogen) atoms. The molecule has 1 aromatic heterocycles. The molecule has 1 aliphatic rings. The number of aromatic nitrogens is 1. The van der Waals surface area contributed by atoms with Crippen LogP contribution in [0.4, 0.5) is 0 Å². The summed E-state index contributed by atoms with van der Waals surface area (Å²) in [5.41, 5.74) is 0.879. The molecule has 1 N–H and O–H groups in total. The number of nitrogens with one attached hydrogen (secondary N) is 1. The first-order valence-corrected chi connectivity index (χ1v) is 7.32. The zero-order valence-corrected chi connectivity index (χ0v) is 11.8. The van der Waals surface area contributed by atoms with E-state index in [2.05, 4.69) is 24.1 Å². The Morgan fingerprint density at radius 2 is 2.50 bits per heavy atom. The van der Waals surface area contributed by atoms with Crippen molar-refractivity contribution in [2.24, 2.45) is 5.92 Å². The lowest BCUT2D eigenvalue weighted by Crippen LogP contribution is -2.30. The highest BCUT2D eigenvalue weighted by Gasteiger charge is 2.16. The van der Waals surface area contributed by atoms with Crippen LogP contribution in [0.3, 0.4) is 0 Å². The number of thiazole rings is 1. The third kappa shape index (κ3) is 3.78. The van der Waals surface area contributed by atoms with Crippen LogP contribution in [0.1, 0.15) is 36.9 Å². The van der Waals surface area contributed by atoms with E-state index in [9.17, 15) is 4.79 Å². The Bertz CT molecular complexity index is 397. The molecular weight excluding hydrogens is 248 g/mol. The van der Waals surface area contributed by atoms with Gasteiger partial charge >= 0.3 is 0 Å².